The molecule has 0 aliphatic rings. The number of nitrogens with two attached hydrogens (primary N) is 1. The van der Waals surface area contributed by atoms with Crippen LogP contribution in [0, 0.1) is 14.9 Å². The Morgan fingerprint density at radius 1 is 1.62 bits per heavy atom. The molecule has 0 unspecified atom stereocenters. The summed E-state index contributed by atoms with van der Waals surface area (Å²) < 4.78 is 0.966. The molecule has 13 heavy (non-hydrogen) atoms. The maximum atomic E-state index is 8.38. The van der Waals surface area contributed by atoms with E-state index in [0.717, 1.165) is 9.13 Å². The molecule has 1 aromatic carbocycles. The van der Waals surface area contributed by atoms with Gasteiger partial charge in [0, 0.05) is 15.3 Å². The van der Waals surface area contributed by atoms with Gasteiger partial charge in [0.1, 0.15) is 0 Å². The second-order valence-electron chi connectivity index (χ2n) is 2.36. The molecule has 0 amide bonds. The van der Waals surface area contributed by atoms with Crippen molar-refractivity contribution in [1.29, 1.82) is 5.26 Å². The molecule has 4 heteroatoms. The molecule has 0 aliphatic heterocycles. The normalized spacial score (nSPS) is 11.0. The summed E-state index contributed by atoms with van der Waals surface area (Å²) in [6, 6.07) is 7.30. The first-order chi connectivity index (χ1) is 6.15. The lowest BCUT2D eigenvalue weighted by Gasteiger charge is -2.01. The number of hydrogen-bond acceptors (Lipinski definition) is 2. The SMILES string of the molecule is N#C/C=C(/N)c1ccc(I)c(Cl)c1. The van der Waals surface area contributed by atoms with Crippen molar-refractivity contribution in [2.24, 2.45) is 5.73 Å². The number of rotatable bonds is 1. The third-order valence-corrected chi connectivity index (χ3v) is 3.05. The van der Waals surface area contributed by atoms with Crippen LogP contribution in [0.3, 0.4) is 0 Å². The first-order valence-corrected chi connectivity index (χ1v) is 4.91. The minimum absolute atomic E-state index is 0.431. The zero-order chi connectivity index (χ0) is 9.84. The van der Waals surface area contributed by atoms with Crippen LogP contribution < -0.4 is 5.73 Å². The van der Waals surface area contributed by atoms with Crippen LogP contribution in [0.1, 0.15) is 5.56 Å². The van der Waals surface area contributed by atoms with E-state index >= 15 is 0 Å². The summed E-state index contributed by atoms with van der Waals surface area (Å²) in [5.41, 5.74) is 6.80. The third kappa shape index (κ3) is 2.61. The Kier molecular flexibility index (Phi) is 3.58. The fraction of sp³-hybridized carbons (Fsp3) is 0. The summed E-state index contributed by atoms with van der Waals surface area (Å²) >= 11 is 8.01. The molecule has 0 fully saturated rings. The van der Waals surface area contributed by atoms with E-state index in [-0.39, 0.29) is 0 Å². The van der Waals surface area contributed by atoms with Crippen LogP contribution in [0.4, 0.5) is 0 Å². The van der Waals surface area contributed by atoms with E-state index in [0.29, 0.717) is 10.7 Å². The van der Waals surface area contributed by atoms with E-state index in [1.165, 1.54) is 6.08 Å². The summed E-state index contributed by atoms with van der Waals surface area (Å²) in [6.45, 7) is 0. The number of nitrogens with zero attached hydrogens (tertiary/aromatic N) is 1. The molecule has 0 heterocycles. The largest absolute Gasteiger partial charge is 0.398 e. The second-order valence-corrected chi connectivity index (χ2v) is 3.93. The monoisotopic (exact) mass is 304 g/mol. The van der Waals surface area contributed by atoms with Crippen molar-refractivity contribution in [2.75, 3.05) is 0 Å². The van der Waals surface area contributed by atoms with Crippen LogP contribution in [0.25, 0.3) is 5.70 Å². The summed E-state index contributed by atoms with van der Waals surface area (Å²) in [6.07, 6.45) is 1.29. The Morgan fingerprint density at radius 2 is 2.31 bits per heavy atom. The number of benzene rings is 1. The third-order valence-electron chi connectivity index (χ3n) is 1.47. The van der Waals surface area contributed by atoms with Gasteiger partial charge in [0.15, 0.2) is 0 Å². The Balaban J connectivity index is 3.13. The summed E-state index contributed by atoms with van der Waals surface area (Å²) in [5, 5.41) is 9.03. The lowest BCUT2D eigenvalue weighted by atomic mass is 10.1. The Morgan fingerprint density at radius 3 is 2.85 bits per heavy atom. The Bertz CT molecular complexity index is 393. The average molecular weight is 305 g/mol. The highest BCUT2D eigenvalue weighted by Crippen LogP contribution is 2.21. The van der Waals surface area contributed by atoms with E-state index in [2.05, 4.69) is 22.6 Å². The molecular formula is C9H6ClIN2. The fourth-order valence-electron chi connectivity index (χ4n) is 0.829. The molecule has 0 aliphatic carbocycles. The molecule has 0 atom stereocenters. The van der Waals surface area contributed by atoms with Crippen molar-refractivity contribution >= 4 is 39.9 Å². The quantitative estimate of drug-likeness (QED) is 0.640. The lowest BCUT2D eigenvalue weighted by molar-refractivity contribution is 1.48. The summed E-state index contributed by atoms with van der Waals surface area (Å²) in [7, 11) is 0. The standard InChI is InChI=1S/C9H6ClIN2/c10-7-5-6(1-2-8(7)11)9(13)3-4-12/h1-3,5H,13H2/b9-3+. The van der Waals surface area contributed by atoms with Gasteiger partial charge in [-0.2, -0.15) is 5.26 Å². The first-order valence-electron chi connectivity index (χ1n) is 3.46. The Hall–Kier alpha value is -0.730. The van der Waals surface area contributed by atoms with Gasteiger partial charge in [-0.3, -0.25) is 0 Å². The van der Waals surface area contributed by atoms with Gasteiger partial charge >= 0.3 is 0 Å². The molecule has 66 valence electrons. The highest BCUT2D eigenvalue weighted by atomic mass is 127. The van der Waals surface area contributed by atoms with Crippen LogP contribution in [-0.2, 0) is 0 Å². The van der Waals surface area contributed by atoms with Crippen molar-refractivity contribution in [3.63, 3.8) is 0 Å². The van der Waals surface area contributed by atoms with Gasteiger partial charge in [0.25, 0.3) is 0 Å². The molecular weight excluding hydrogens is 298 g/mol. The van der Waals surface area contributed by atoms with E-state index in [9.17, 15) is 0 Å². The zero-order valence-corrected chi connectivity index (χ0v) is 9.50. The maximum absolute atomic E-state index is 8.38. The molecule has 0 bridgehead atoms. The molecule has 0 saturated carbocycles. The second kappa shape index (κ2) is 4.49. The van der Waals surface area contributed by atoms with E-state index < -0.39 is 0 Å². The minimum atomic E-state index is 0.431. The highest BCUT2D eigenvalue weighted by Gasteiger charge is 2.00. The van der Waals surface area contributed by atoms with Gasteiger partial charge in [0.2, 0.25) is 0 Å². The predicted octanol–water partition coefficient (Wildman–Crippen LogP) is 2.77. The highest BCUT2D eigenvalue weighted by molar-refractivity contribution is 14.1. The van der Waals surface area contributed by atoms with Crippen LogP contribution in [0.2, 0.25) is 5.02 Å². The van der Waals surface area contributed by atoms with Gasteiger partial charge in [-0.25, -0.2) is 0 Å². The number of halogens is 2. The van der Waals surface area contributed by atoms with Crippen molar-refractivity contribution in [1.82, 2.24) is 0 Å². The first kappa shape index (κ1) is 10.4. The maximum Gasteiger partial charge on any atom is 0.0933 e. The van der Waals surface area contributed by atoms with Gasteiger partial charge in [0.05, 0.1) is 11.1 Å². The van der Waals surface area contributed by atoms with Crippen molar-refractivity contribution in [3.8, 4) is 6.07 Å². The van der Waals surface area contributed by atoms with Crippen molar-refractivity contribution in [2.45, 2.75) is 0 Å². The van der Waals surface area contributed by atoms with E-state index in [1.807, 2.05) is 18.2 Å². The fourth-order valence-corrected chi connectivity index (χ4v) is 1.34. The minimum Gasteiger partial charge on any atom is -0.398 e. The van der Waals surface area contributed by atoms with Crippen molar-refractivity contribution in [3.05, 3.63) is 38.4 Å². The molecule has 1 rings (SSSR count). The van der Waals surface area contributed by atoms with E-state index in [4.69, 9.17) is 22.6 Å². The number of allylic oxidation sites excluding steroid dienone is 1. The molecule has 2 nitrogen and oxygen atoms in total. The summed E-state index contributed by atoms with van der Waals surface area (Å²) in [4.78, 5) is 0. The average Bonchev–Trinajstić information content (AvgIpc) is 2.10. The summed E-state index contributed by atoms with van der Waals surface area (Å²) in [5.74, 6) is 0. The van der Waals surface area contributed by atoms with Crippen molar-refractivity contribution < 1.29 is 0 Å². The molecule has 0 saturated heterocycles. The molecule has 0 radical (unpaired) electrons. The molecule has 0 aromatic heterocycles. The van der Waals surface area contributed by atoms with Gasteiger partial charge < -0.3 is 5.73 Å². The van der Waals surface area contributed by atoms with Crippen LogP contribution >= 0.6 is 34.2 Å². The Labute approximate surface area is 95.1 Å². The lowest BCUT2D eigenvalue weighted by Crippen LogP contribution is -1.95. The molecule has 2 N–H and O–H groups in total. The predicted molar refractivity (Wildman–Crippen MR) is 61.9 cm³/mol. The van der Waals surface area contributed by atoms with Crippen LogP contribution in [0.5, 0.6) is 0 Å². The topological polar surface area (TPSA) is 49.8 Å². The van der Waals surface area contributed by atoms with Crippen LogP contribution in [0.15, 0.2) is 24.3 Å². The molecule has 1 aromatic rings. The van der Waals surface area contributed by atoms with E-state index in [1.54, 1.807) is 6.07 Å². The van der Waals surface area contributed by atoms with Crippen LogP contribution in [-0.4, -0.2) is 0 Å². The van der Waals surface area contributed by atoms with Gasteiger partial charge in [-0.15, -0.1) is 0 Å². The smallest absolute Gasteiger partial charge is 0.0933 e. The van der Waals surface area contributed by atoms with Gasteiger partial charge in [-0.1, -0.05) is 17.7 Å². The molecule has 0 spiro atoms. The number of nitriles is 1. The van der Waals surface area contributed by atoms with Gasteiger partial charge in [-0.05, 0) is 40.3 Å². The zero-order valence-electron chi connectivity index (χ0n) is 6.59. The number of hydrogen-bond donors (Lipinski definition) is 1.